The quantitative estimate of drug-likeness (QED) is 0.892. The summed E-state index contributed by atoms with van der Waals surface area (Å²) in [5, 5.41) is 4.61. The molecule has 1 fully saturated rings. The van der Waals surface area contributed by atoms with Crippen molar-refractivity contribution in [2.45, 2.75) is 31.5 Å². The predicted molar refractivity (Wildman–Crippen MR) is 66.4 cm³/mol. The van der Waals surface area contributed by atoms with Gasteiger partial charge in [-0.1, -0.05) is 0 Å². The monoisotopic (exact) mass is 304 g/mol. The zero-order chi connectivity index (χ0) is 15.5. The number of alkyl halides is 3. The van der Waals surface area contributed by atoms with E-state index in [-0.39, 0.29) is 11.9 Å². The first-order valence-corrected chi connectivity index (χ1v) is 6.52. The number of rotatable bonds is 4. The molecule has 2 N–H and O–H groups in total. The highest BCUT2D eigenvalue weighted by Gasteiger charge is 2.33. The van der Waals surface area contributed by atoms with Crippen LogP contribution in [-0.4, -0.2) is 30.6 Å². The Morgan fingerprint density at radius 2 is 2.10 bits per heavy atom. The smallest absolute Gasteiger partial charge is 0.405 e. The molecule has 2 atom stereocenters. The van der Waals surface area contributed by atoms with E-state index >= 15 is 0 Å². The van der Waals surface area contributed by atoms with Gasteiger partial charge in [0.1, 0.15) is 12.8 Å². The lowest BCUT2D eigenvalue weighted by Gasteiger charge is -2.14. The van der Waals surface area contributed by atoms with Crippen molar-refractivity contribution in [3.05, 3.63) is 24.2 Å². The van der Waals surface area contributed by atoms with Gasteiger partial charge in [0.2, 0.25) is 5.91 Å². The molecule has 1 aliphatic rings. The highest BCUT2D eigenvalue weighted by molar-refractivity contribution is 5.94. The normalized spacial score (nSPS) is 22.0. The minimum absolute atomic E-state index is 0.214. The van der Waals surface area contributed by atoms with Gasteiger partial charge in [0, 0.05) is 12.0 Å². The maximum atomic E-state index is 12.0. The first kappa shape index (κ1) is 15.4. The van der Waals surface area contributed by atoms with E-state index in [2.05, 4.69) is 5.32 Å². The topological polar surface area (TPSA) is 71.3 Å². The van der Waals surface area contributed by atoms with E-state index in [9.17, 15) is 22.8 Å². The van der Waals surface area contributed by atoms with Gasteiger partial charge in [-0.15, -0.1) is 0 Å². The van der Waals surface area contributed by atoms with Crippen molar-refractivity contribution in [2.75, 3.05) is 6.54 Å². The summed E-state index contributed by atoms with van der Waals surface area (Å²) in [6, 6.07) is 1.30. The number of amides is 2. The minimum atomic E-state index is -4.41. The summed E-state index contributed by atoms with van der Waals surface area (Å²) >= 11 is 0. The third-order valence-electron chi connectivity index (χ3n) is 3.39. The molecule has 2 rings (SSSR count). The maximum absolute atomic E-state index is 12.0. The molecule has 0 aromatic carbocycles. The summed E-state index contributed by atoms with van der Waals surface area (Å²) < 4.78 is 40.9. The van der Waals surface area contributed by atoms with Crippen LogP contribution in [0.3, 0.4) is 0 Å². The van der Waals surface area contributed by atoms with Crippen LogP contribution in [0.25, 0.3) is 0 Å². The number of nitrogens with one attached hydrogen (secondary N) is 2. The molecule has 2 unspecified atom stereocenters. The first-order valence-electron chi connectivity index (χ1n) is 6.52. The summed E-state index contributed by atoms with van der Waals surface area (Å²) in [5.41, 5.74) is 0.375. The molecule has 1 aromatic heterocycles. The number of carbonyl (C=O) groups is 2. The fourth-order valence-electron chi connectivity index (χ4n) is 2.34. The average Bonchev–Trinajstić information content (AvgIpc) is 3.05. The molecule has 0 radical (unpaired) electrons. The molecule has 2 amide bonds. The standard InChI is InChI=1S/C13H15F3N2O3/c14-13(15,16)7-17-11(19)8-1-2-10(5-8)18-12(20)9-3-4-21-6-9/h3-4,6,8,10H,1-2,5,7H2,(H,17,19)(H,18,20). The van der Waals surface area contributed by atoms with Crippen LogP contribution in [0.5, 0.6) is 0 Å². The molecule has 0 saturated heterocycles. The number of halogens is 3. The fraction of sp³-hybridized carbons (Fsp3) is 0.538. The predicted octanol–water partition coefficient (Wildman–Crippen LogP) is 1.86. The Labute approximate surface area is 118 Å². The van der Waals surface area contributed by atoms with Crippen LogP contribution in [0.15, 0.2) is 23.0 Å². The second-order valence-electron chi connectivity index (χ2n) is 5.03. The molecule has 1 saturated carbocycles. The van der Waals surface area contributed by atoms with Gasteiger partial charge in [-0.3, -0.25) is 9.59 Å². The summed E-state index contributed by atoms with van der Waals surface area (Å²) in [7, 11) is 0. The Morgan fingerprint density at radius 3 is 2.71 bits per heavy atom. The molecule has 0 spiro atoms. The Bertz CT molecular complexity index is 499. The van der Waals surface area contributed by atoms with Crippen LogP contribution in [0.4, 0.5) is 13.2 Å². The van der Waals surface area contributed by atoms with E-state index in [0.29, 0.717) is 24.8 Å². The number of carbonyl (C=O) groups excluding carboxylic acids is 2. The molecule has 1 aromatic rings. The molecular formula is C13H15F3N2O3. The molecule has 1 heterocycles. The maximum Gasteiger partial charge on any atom is 0.405 e. The molecule has 0 aliphatic heterocycles. The Balaban J connectivity index is 1.78. The molecule has 116 valence electrons. The van der Waals surface area contributed by atoms with E-state index in [1.807, 2.05) is 5.32 Å². The second kappa shape index (κ2) is 6.19. The van der Waals surface area contributed by atoms with E-state index in [0.717, 1.165) is 0 Å². The Morgan fingerprint density at radius 1 is 1.33 bits per heavy atom. The average molecular weight is 304 g/mol. The number of hydrogen-bond donors (Lipinski definition) is 2. The first-order chi connectivity index (χ1) is 9.85. The van der Waals surface area contributed by atoms with E-state index in [1.165, 1.54) is 18.6 Å². The van der Waals surface area contributed by atoms with Gasteiger partial charge in [0.15, 0.2) is 0 Å². The third kappa shape index (κ3) is 4.51. The third-order valence-corrected chi connectivity index (χ3v) is 3.39. The van der Waals surface area contributed by atoms with Gasteiger partial charge in [0.05, 0.1) is 11.8 Å². The minimum Gasteiger partial charge on any atom is -0.472 e. The SMILES string of the molecule is O=C(NC1CCC(C(=O)NCC(F)(F)F)C1)c1ccoc1. The fourth-order valence-corrected chi connectivity index (χ4v) is 2.34. The lowest BCUT2D eigenvalue weighted by atomic mass is 10.1. The van der Waals surface area contributed by atoms with Crippen molar-refractivity contribution in [1.82, 2.24) is 10.6 Å². The molecule has 1 aliphatic carbocycles. The second-order valence-corrected chi connectivity index (χ2v) is 5.03. The Kier molecular flexibility index (Phi) is 4.54. The molecule has 8 heteroatoms. The summed E-state index contributed by atoms with van der Waals surface area (Å²) in [5.74, 6) is -1.43. The van der Waals surface area contributed by atoms with Crippen LogP contribution >= 0.6 is 0 Å². The van der Waals surface area contributed by atoms with Crippen molar-refractivity contribution >= 4 is 11.8 Å². The Hall–Kier alpha value is -1.99. The van der Waals surface area contributed by atoms with Crippen molar-refractivity contribution in [1.29, 1.82) is 0 Å². The largest absolute Gasteiger partial charge is 0.472 e. The van der Waals surface area contributed by atoms with Crippen molar-refractivity contribution in [3.8, 4) is 0 Å². The van der Waals surface area contributed by atoms with E-state index in [1.54, 1.807) is 0 Å². The zero-order valence-corrected chi connectivity index (χ0v) is 11.1. The molecule has 0 bridgehead atoms. The van der Waals surface area contributed by atoms with Crippen LogP contribution < -0.4 is 10.6 Å². The lowest BCUT2D eigenvalue weighted by Crippen LogP contribution is -2.38. The van der Waals surface area contributed by atoms with Gasteiger partial charge in [-0.25, -0.2) is 0 Å². The molecule has 21 heavy (non-hydrogen) atoms. The van der Waals surface area contributed by atoms with Gasteiger partial charge < -0.3 is 15.1 Å². The van der Waals surface area contributed by atoms with E-state index in [4.69, 9.17) is 4.42 Å². The van der Waals surface area contributed by atoms with Crippen molar-refractivity contribution < 1.29 is 27.2 Å². The van der Waals surface area contributed by atoms with Crippen LogP contribution in [0, 0.1) is 5.92 Å². The number of hydrogen-bond acceptors (Lipinski definition) is 3. The summed E-state index contributed by atoms with van der Waals surface area (Å²) in [6.07, 6.45) is -0.376. The summed E-state index contributed by atoms with van der Waals surface area (Å²) in [4.78, 5) is 23.4. The van der Waals surface area contributed by atoms with Gasteiger partial charge in [-0.2, -0.15) is 13.2 Å². The van der Waals surface area contributed by atoms with Crippen LogP contribution in [0.1, 0.15) is 29.6 Å². The number of furan rings is 1. The molecule has 5 nitrogen and oxygen atoms in total. The van der Waals surface area contributed by atoms with Crippen LogP contribution in [-0.2, 0) is 4.79 Å². The van der Waals surface area contributed by atoms with E-state index < -0.39 is 24.5 Å². The highest BCUT2D eigenvalue weighted by Crippen LogP contribution is 2.26. The van der Waals surface area contributed by atoms with Gasteiger partial charge >= 0.3 is 6.18 Å². The molecular weight excluding hydrogens is 289 g/mol. The van der Waals surface area contributed by atoms with Crippen LogP contribution in [0.2, 0.25) is 0 Å². The van der Waals surface area contributed by atoms with Crippen molar-refractivity contribution in [2.24, 2.45) is 5.92 Å². The van der Waals surface area contributed by atoms with Gasteiger partial charge in [-0.05, 0) is 25.3 Å². The lowest BCUT2D eigenvalue weighted by molar-refractivity contribution is -0.140. The van der Waals surface area contributed by atoms with Gasteiger partial charge in [0.25, 0.3) is 5.91 Å². The zero-order valence-electron chi connectivity index (χ0n) is 11.1. The van der Waals surface area contributed by atoms with Crippen molar-refractivity contribution in [3.63, 3.8) is 0 Å². The summed E-state index contributed by atoms with van der Waals surface area (Å²) in [6.45, 7) is -1.33. The highest BCUT2D eigenvalue weighted by atomic mass is 19.4.